The van der Waals surface area contributed by atoms with E-state index in [1.165, 1.54) is 19.1 Å². The minimum atomic E-state index is -0.227. The normalized spacial score (nSPS) is 18.9. The van der Waals surface area contributed by atoms with E-state index in [0.717, 1.165) is 25.1 Å². The molecule has 1 aliphatic heterocycles. The summed E-state index contributed by atoms with van der Waals surface area (Å²) in [6.07, 6.45) is 0.885. The quantitative estimate of drug-likeness (QED) is 0.885. The molecule has 1 saturated heterocycles. The van der Waals surface area contributed by atoms with Crippen LogP contribution in [-0.4, -0.2) is 53.8 Å². The van der Waals surface area contributed by atoms with Crippen LogP contribution in [0.5, 0.6) is 0 Å². The topological polar surface area (TPSA) is 52.7 Å². The van der Waals surface area contributed by atoms with E-state index < -0.39 is 0 Å². The van der Waals surface area contributed by atoms with Crippen LogP contribution in [0, 0.1) is 11.7 Å². The molecular formula is C19H28FN3O2. The van der Waals surface area contributed by atoms with E-state index in [-0.39, 0.29) is 30.2 Å². The summed E-state index contributed by atoms with van der Waals surface area (Å²) in [5.41, 5.74) is 1.07. The molecule has 25 heavy (non-hydrogen) atoms. The lowest BCUT2D eigenvalue weighted by Crippen LogP contribution is -2.47. The molecule has 138 valence electrons. The number of hydrogen-bond donors (Lipinski definition) is 1. The first kappa shape index (κ1) is 19.4. The zero-order valence-corrected chi connectivity index (χ0v) is 15.3. The van der Waals surface area contributed by atoms with E-state index in [9.17, 15) is 14.0 Å². The number of benzene rings is 1. The van der Waals surface area contributed by atoms with Crippen molar-refractivity contribution in [3.05, 3.63) is 35.6 Å². The van der Waals surface area contributed by atoms with Crippen molar-refractivity contribution in [2.24, 2.45) is 5.92 Å². The molecule has 0 aliphatic carbocycles. The van der Waals surface area contributed by atoms with E-state index in [1.807, 2.05) is 17.0 Å². The maximum absolute atomic E-state index is 13.1. The molecule has 1 atom stereocenters. The van der Waals surface area contributed by atoms with Crippen molar-refractivity contribution < 1.29 is 14.0 Å². The van der Waals surface area contributed by atoms with Gasteiger partial charge in [0.1, 0.15) is 5.82 Å². The van der Waals surface area contributed by atoms with Crippen molar-refractivity contribution in [2.75, 3.05) is 26.2 Å². The Labute approximate surface area is 149 Å². The molecule has 1 aromatic carbocycles. The SMILES string of the molecule is CC(=O)NCC(=O)N1CCCN(Cc2ccc(F)cc2)[C@H](C(C)C)C1. The maximum atomic E-state index is 13.1. The number of nitrogens with one attached hydrogen (secondary N) is 1. The summed E-state index contributed by atoms with van der Waals surface area (Å²) < 4.78 is 13.1. The fourth-order valence-corrected chi connectivity index (χ4v) is 3.25. The summed E-state index contributed by atoms with van der Waals surface area (Å²) in [5, 5.41) is 2.58. The van der Waals surface area contributed by atoms with Gasteiger partial charge in [0.25, 0.3) is 0 Å². The molecular weight excluding hydrogens is 321 g/mol. The van der Waals surface area contributed by atoms with Crippen LogP contribution in [0.4, 0.5) is 4.39 Å². The number of amides is 2. The number of rotatable bonds is 5. The smallest absolute Gasteiger partial charge is 0.242 e. The summed E-state index contributed by atoms with van der Waals surface area (Å²) in [6, 6.07) is 6.84. The molecule has 1 heterocycles. The molecule has 0 saturated carbocycles. The van der Waals surface area contributed by atoms with Crippen molar-refractivity contribution in [1.29, 1.82) is 0 Å². The van der Waals surface area contributed by atoms with E-state index in [1.54, 1.807) is 0 Å². The maximum Gasteiger partial charge on any atom is 0.242 e. The van der Waals surface area contributed by atoms with Crippen molar-refractivity contribution in [3.63, 3.8) is 0 Å². The van der Waals surface area contributed by atoms with Crippen molar-refractivity contribution >= 4 is 11.8 Å². The number of halogens is 1. The molecule has 0 bridgehead atoms. The predicted molar refractivity (Wildman–Crippen MR) is 95.3 cm³/mol. The Hall–Kier alpha value is -1.95. The molecule has 6 heteroatoms. The highest BCUT2D eigenvalue weighted by Crippen LogP contribution is 2.20. The first-order valence-corrected chi connectivity index (χ1v) is 8.87. The standard InChI is InChI=1S/C19H28FN3O2/c1-14(2)18-13-23(19(25)11-21-15(3)24)10-4-9-22(18)12-16-5-7-17(20)8-6-16/h5-8,14,18H,4,9-13H2,1-3H3,(H,21,24)/t18-/m0/s1. The van der Waals surface area contributed by atoms with Crippen molar-refractivity contribution in [2.45, 2.75) is 39.8 Å². The van der Waals surface area contributed by atoms with Crippen LogP contribution in [0.15, 0.2) is 24.3 Å². The summed E-state index contributed by atoms with van der Waals surface area (Å²) in [5.74, 6) is -0.0737. The van der Waals surface area contributed by atoms with Gasteiger partial charge in [-0.1, -0.05) is 26.0 Å². The lowest BCUT2D eigenvalue weighted by Gasteiger charge is -2.34. The van der Waals surface area contributed by atoms with Gasteiger partial charge in [-0.3, -0.25) is 14.5 Å². The van der Waals surface area contributed by atoms with E-state index in [0.29, 0.717) is 19.0 Å². The first-order chi connectivity index (χ1) is 11.9. The monoisotopic (exact) mass is 349 g/mol. The van der Waals surface area contributed by atoms with Gasteiger partial charge in [0.15, 0.2) is 0 Å². The fourth-order valence-electron chi connectivity index (χ4n) is 3.25. The third kappa shape index (κ3) is 5.81. The number of carbonyl (C=O) groups is 2. The average Bonchev–Trinajstić information content (AvgIpc) is 2.77. The molecule has 1 aromatic rings. The van der Waals surface area contributed by atoms with Crippen LogP contribution >= 0.6 is 0 Å². The van der Waals surface area contributed by atoms with E-state index in [4.69, 9.17) is 0 Å². The highest BCUT2D eigenvalue weighted by Gasteiger charge is 2.29. The summed E-state index contributed by atoms with van der Waals surface area (Å²) in [4.78, 5) is 27.6. The van der Waals surface area contributed by atoms with E-state index >= 15 is 0 Å². The highest BCUT2D eigenvalue weighted by molar-refractivity contribution is 5.83. The van der Waals surface area contributed by atoms with Crippen molar-refractivity contribution in [1.82, 2.24) is 15.1 Å². The van der Waals surface area contributed by atoms with Crippen LogP contribution in [0.1, 0.15) is 32.8 Å². The molecule has 1 N–H and O–H groups in total. The molecule has 1 aliphatic rings. The number of carbonyl (C=O) groups excluding carboxylic acids is 2. The lowest BCUT2D eigenvalue weighted by molar-refractivity contribution is -0.132. The molecule has 0 radical (unpaired) electrons. The van der Waals surface area contributed by atoms with Crippen LogP contribution in [0.2, 0.25) is 0 Å². The zero-order valence-electron chi connectivity index (χ0n) is 15.3. The molecule has 0 unspecified atom stereocenters. The van der Waals surface area contributed by atoms with Gasteiger partial charge in [0.05, 0.1) is 6.54 Å². The second-order valence-electron chi connectivity index (χ2n) is 7.01. The number of nitrogens with zero attached hydrogens (tertiary/aromatic N) is 2. The Kier molecular flexibility index (Phi) is 6.93. The minimum absolute atomic E-state index is 0.0375. The van der Waals surface area contributed by atoms with Gasteiger partial charge in [-0.2, -0.15) is 0 Å². The second kappa shape index (κ2) is 8.94. The Bertz CT molecular complexity index is 589. The Morgan fingerprint density at radius 1 is 1.24 bits per heavy atom. The first-order valence-electron chi connectivity index (χ1n) is 8.87. The van der Waals surface area contributed by atoms with Gasteiger partial charge in [-0.15, -0.1) is 0 Å². The summed E-state index contributed by atoms with van der Waals surface area (Å²) in [7, 11) is 0. The largest absolute Gasteiger partial charge is 0.347 e. The molecule has 0 spiro atoms. The van der Waals surface area contributed by atoms with Crippen molar-refractivity contribution in [3.8, 4) is 0 Å². The summed E-state index contributed by atoms with van der Waals surface area (Å²) >= 11 is 0. The van der Waals surface area contributed by atoms with Gasteiger partial charge in [-0.05, 0) is 30.0 Å². The third-order valence-electron chi connectivity index (χ3n) is 4.66. The Morgan fingerprint density at radius 2 is 1.92 bits per heavy atom. The molecule has 0 aromatic heterocycles. The zero-order chi connectivity index (χ0) is 18.4. The van der Waals surface area contributed by atoms with Crippen LogP contribution in [0.3, 0.4) is 0 Å². The van der Waals surface area contributed by atoms with Gasteiger partial charge in [0.2, 0.25) is 11.8 Å². The molecule has 2 amide bonds. The third-order valence-corrected chi connectivity index (χ3v) is 4.66. The Morgan fingerprint density at radius 3 is 2.52 bits per heavy atom. The van der Waals surface area contributed by atoms with Gasteiger partial charge in [-0.25, -0.2) is 4.39 Å². The second-order valence-corrected chi connectivity index (χ2v) is 7.01. The fraction of sp³-hybridized carbons (Fsp3) is 0.579. The minimum Gasteiger partial charge on any atom is -0.347 e. The van der Waals surface area contributed by atoms with Gasteiger partial charge < -0.3 is 10.2 Å². The predicted octanol–water partition coefficient (Wildman–Crippen LogP) is 2.02. The highest BCUT2D eigenvalue weighted by atomic mass is 19.1. The van der Waals surface area contributed by atoms with Crippen LogP contribution < -0.4 is 5.32 Å². The van der Waals surface area contributed by atoms with Gasteiger partial charge >= 0.3 is 0 Å². The summed E-state index contributed by atoms with van der Waals surface area (Å²) in [6.45, 7) is 8.77. The molecule has 2 rings (SSSR count). The Balaban J connectivity index is 2.05. The van der Waals surface area contributed by atoms with Crippen LogP contribution in [-0.2, 0) is 16.1 Å². The van der Waals surface area contributed by atoms with Crippen LogP contribution in [0.25, 0.3) is 0 Å². The average molecular weight is 349 g/mol. The molecule has 1 fully saturated rings. The van der Waals surface area contributed by atoms with E-state index in [2.05, 4.69) is 24.1 Å². The number of hydrogen-bond acceptors (Lipinski definition) is 3. The molecule has 5 nitrogen and oxygen atoms in total. The van der Waals surface area contributed by atoms with Gasteiger partial charge in [0, 0.05) is 39.1 Å². The lowest BCUT2D eigenvalue weighted by atomic mass is 10.0.